The van der Waals surface area contributed by atoms with E-state index in [-0.39, 0.29) is 11.9 Å². The minimum atomic E-state index is -0.985. The summed E-state index contributed by atoms with van der Waals surface area (Å²) in [7, 11) is 3.23. The van der Waals surface area contributed by atoms with E-state index in [1.54, 1.807) is 33.0 Å². The third-order valence-electron chi connectivity index (χ3n) is 4.25. The number of piperidine rings is 1. The molecule has 0 aliphatic carbocycles. The summed E-state index contributed by atoms with van der Waals surface area (Å²) < 4.78 is 10.6. The van der Waals surface area contributed by atoms with E-state index >= 15 is 0 Å². The maximum absolute atomic E-state index is 12.5. The van der Waals surface area contributed by atoms with Crippen LogP contribution < -0.4 is 14.8 Å². The van der Waals surface area contributed by atoms with E-state index in [0.717, 1.165) is 18.5 Å². The average Bonchev–Trinajstić information content (AvgIpc) is 2.60. The number of benzene rings is 1. The van der Waals surface area contributed by atoms with Crippen molar-refractivity contribution in [1.29, 1.82) is 5.26 Å². The summed E-state index contributed by atoms with van der Waals surface area (Å²) in [5.74, 6) is 1.32. The fourth-order valence-corrected chi connectivity index (χ4v) is 2.85. The Hall–Kier alpha value is -2.42. The van der Waals surface area contributed by atoms with E-state index in [4.69, 9.17) is 9.47 Å². The Kier molecular flexibility index (Phi) is 5.55. The lowest BCUT2D eigenvalue weighted by Gasteiger charge is -2.36. The maximum atomic E-state index is 12.5. The van der Waals surface area contributed by atoms with E-state index in [9.17, 15) is 10.1 Å². The molecular formula is C18H25N3O3. The van der Waals surface area contributed by atoms with Crippen molar-refractivity contribution in [2.45, 2.75) is 32.7 Å². The number of carbonyl (C=O) groups excluding carboxylic acids is 1. The van der Waals surface area contributed by atoms with Gasteiger partial charge in [0.25, 0.3) is 0 Å². The van der Waals surface area contributed by atoms with Crippen LogP contribution in [0, 0.1) is 16.7 Å². The lowest BCUT2D eigenvalue weighted by Crippen LogP contribution is -2.49. The first-order valence-corrected chi connectivity index (χ1v) is 8.10. The van der Waals surface area contributed by atoms with E-state index < -0.39 is 5.41 Å². The third kappa shape index (κ3) is 4.10. The van der Waals surface area contributed by atoms with Gasteiger partial charge < -0.3 is 19.7 Å². The van der Waals surface area contributed by atoms with Crippen LogP contribution in [0.2, 0.25) is 0 Å². The SMILES string of the molecule is COc1cc(NC2CCCN(C(=O)C(C)(C)C#N)C2)cc(OC)c1. The molecule has 6 heteroatoms. The van der Waals surface area contributed by atoms with Crippen molar-refractivity contribution in [3.63, 3.8) is 0 Å². The van der Waals surface area contributed by atoms with Crippen LogP contribution in [0.15, 0.2) is 18.2 Å². The lowest BCUT2D eigenvalue weighted by molar-refractivity contribution is -0.138. The number of nitriles is 1. The standard InChI is InChI=1S/C18H25N3O3/c1-18(2,12-19)17(22)21-7-5-6-13(11-21)20-14-8-15(23-3)10-16(9-14)24-4/h8-10,13,20H,5-7,11H2,1-4H3. The summed E-state index contributed by atoms with van der Waals surface area (Å²) in [5.41, 5.74) is -0.0915. The maximum Gasteiger partial charge on any atom is 0.242 e. The normalized spacial score (nSPS) is 17.8. The first-order chi connectivity index (χ1) is 11.4. The van der Waals surface area contributed by atoms with Crippen LogP contribution in [0.5, 0.6) is 11.5 Å². The fraction of sp³-hybridized carbons (Fsp3) is 0.556. The van der Waals surface area contributed by atoms with Crippen LogP contribution in [-0.4, -0.2) is 44.2 Å². The highest BCUT2D eigenvalue weighted by molar-refractivity contribution is 5.84. The van der Waals surface area contributed by atoms with Crippen molar-refractivity contribution in [1.82, 2.24) is 4.90 Å². The van der Waals surface area contributed by atoms with Crippen molar-refractivity contribution in [2.24, 2.45) is 5.41 Å². The number of rotatable bonds is 5. The first kappa shape index (κ1) is 17.9. The molecule has 1 atom stereocenters. The highest BCUT2D eigenvalue weighted by atomic mass is 16.5. The smallest absolute Gasteiger partial charge is 0.242 e. The number of hydrogen-bond acceptors (Lipinski definition) is 5. The van der Waals surface area contributed by atoms with E-state index in [1.807, 2.05) is 18.2 Å². The third-order valence-corrected chi connectivity index (χ3v) is 4.25. The first-order valence-electron chi connectivity index (χ1n) is 8.10. The zero-order valence-corrected chi connectivity index (χ0v) is 14.8. The minimum Gasteiger partial charge on any atom is -0.497 e. The molecule has 1 saturated heterocycles. The molecule has 1 aromatic rings. The molecule has 0 aromatic heterocycles. The molecule has 0 radical (unpaired) electrons. The van der Waals surface area contributed by atoms with Crippen molar-refractivity contribution in [3.05, 3.63) is 18.2 Å². The Morgan fingerprint density at radius 3 is 2.46 bits per heavy atom. The molecule has 0 saturated carbocycles. The molecule has 1 aliphatic rings. The van der Waals surface area contributed by atoms with Crippen LogP contribution in [0.4, 0.5) is 5.69 Å². The van der Waals surface area contributed by atoms with Gasteiger partial charge in [0.2, 0.25) is 5.91 Å². The molecule has 24 heavy (non-hydrogen) atoms. The Morgan fingerprint density at radius 1 is 1.29 bits per heavy atom. The van der Waals surface area contributed by atoms with Gasteiger partial charge in [-0.1, -0.05) is 0 Å². The number of methoxy groups -OCH3 is 2. The molecule has 130 valence electrons. The molecule has 1 aromatic carbocycles. The molecule has 1 fully saturated rings. The quantitative estimate of drug-likeness (QED) is 0.898. The molecule has 1 N–H and O–H groups in total. The average molecular weight is 331 g/mol. The van der Waals surface area contributed by atoms with Gasteiger partial charge >= 0.3 is 0 Å². The highest BCUT2D eigenvalue weighted by Gasteiger charge is 2.34. The van der Waals surface area contributed by atoms with Gasteiger partial charge in [-0.3, -0.25) is 4.79 Å². The Bertz CT molecular complexity index is 615. The number of hydrogen-bond donors (Lipinski definition) is 1. The minimum absolute atomic E-state index is 0.111. The second-order valence-corrected chi connectivity index (χ2v) is 6.57. The summed E-state index contributed by atoms with van der Waals surface area (Å²) in [6.45, 7) is 4.62. The van der Waals surface area contributed by atoms with Gasteiger partial charge in [0.1, 0.15) is 16.9 Å². The predicted octanol–water partition coefficient (Wildman–Crippen LogP) is 2.66. The Morgan fingerprint density at radius 2 is 1.92 bits per heavy atom. The molecule has 2 rings (SSSR count). The number of nitrogens with one attached hydrogen (secondary N) is 1. The number of carbonyl (C=O) groups is 1. The van der Waals surface area contributed by atoms with Crippen LogP contribution in [0.25, 0.3) is 0 Å². The topological polar surface area (TPSA) is 74.6 Å². The molecule has 1 unspecified atom stereocenters. The predicted molar refractivity (Wildman–Crippen MR) is 92.2 cm³/mol. The highest BCUT2D eigenvalue weighted by Crippen LogP contribution is 2.28. The number of nitrogens with zero attached hydrogens (tertiary/aromatic N) is 2. The molecule has 1 amide bonds. The van der Waals surface area contributed by atoms with Gasteiger partial charge in [-0.05, 0) is 26.7 Å². The largest absolute Gasteiger partial charge is 0.497 e. The summed E-state index contributed by atoms with van der Waals surface area (Å²) >= 11 is 0. The van der Waals surface area contributed by atoms with Crippen LogP contribution in [0.1, 0.15) is 26.7 Å². The van der Waals surface area contributed by atoms with Crippen LogP contribution >= 0.6 is 0 Å². The van der Waals surface area contributed by atoms with Gasteiger partial charge in [-0.15, -0.1) is 0 Å². The van der Waals surface area contributed by atoms with Crippen molar-refractivity contribution < 1.29 is 14.3 Å². The lowest BCUT2D eigenvalue weighted by atomic mass is 9.92. The number of ether oxygens (including phenoxy) is 2. The molecule has 0 bridgehead atoms. The van der Waals surface area contributed by atoms with Gasteiger partial charge in [-0.25, -0.2) is 0 Å². The zero-order valence-electron chi connectivity index (χ0n) is 14.8. The zero-order chi connectivity index (χ0) is 17.7. The monoisotopic (exact) mass is 331 g/mol. The summed E-state index contributed by atoms with van der Waals surface area (Å²) in [5, 5.41) is 12.6. The van der Waals surface area contributed by atoms with E-state index in [1.165, 1.54) is 0 Å². The van der Waals surface area contributed by atoms with E-state index in [2.05, 4.69) is 11.4 Å². The van der Waals surface area contributed by atoms with Crippen molar-refractivity contribution in [3.8, 4) is 17.6 Å². The summed E-state index contributed by atoms with van der Waals surface area (Å²) in [6, 6.07) is 7.85. The van der Waals surface area contributed by atoms with Gasteiger partial charge in [0.15, 0.2) is 0 Å². The van der Waals surface area contributed by atoms with E-state index in [0.29, 0.717) is 24.6 Å². The second kappa shape index (κ2) is 7.43. The molecule has 6 nitrogen and oxygen atoms in total. The molecular weight excluding hydrogens is 306 g/mol. The van der Waals surface area contributed by atoms with Crippen LogP contribution in [-0.2, 0) is 4.79 Å². The summed E-state index contributed by atoms with van der Waals surface area (Å²) in [6.07, 6.45) is 1.88. The molecule has 1 heterocycles. The number of amides is 1. The van der Waals surface area contributed by atoms with Crippen molar-refractivity contribution >= 4 is 11.6 Å². The fourth-order valence-electron chi connectivity index (χ4n) is 2.85. The summed E-state index contributed by atoms with van der Waals surface area (Å²) in [4.78, 5) is 14.3. The number of anilines is 1. The Labute approximate surface area is 143 Å². The van der Waals surface area contributed by atoms with Crippen LogP contribution in [0.3, 0.4) is 0 Å². The second-order valence-electron chi connectivity index (χ2n) is 6.57. The number of likely N-dealkylation sites (tertiary alicyclic amines) is 1. The van der Waals surface area contributed by atoms with Gasteiger partial charge in [0, 0.05) is 43.0 Å². The van der Waals surface area contributed by atoms with Gasteiger partial charge in [0.05, 0.1) is 20.3 Å². The van der Waals surface area contributed by atoms with Gasteiger partial charge in [-0.2, -0.15) is 5.26 Å². The van der Waals surface area contributed by atoms with Crippen molar-refractivity contribution in [2.75, 3.05) is 32.6 Å². The molecule has 0 spiro atoms. The Balaban J connectivity index is 2.08. The molecule has 1 aliphatic heterocycles.